The summed E-state index contributed by atoms with van der Waals surface area (Å²) in [5.74, 6) is -0.0946. The number of fused-ring (bicyclic) bond motifs is 1. The van der Waals surface area contributed by atoms with Crippen LogP contribution in [0.15, 0.2) is 6.20 Å². The van der Waals surface area contributed by atoms with Gasteiger partial charge in [0.05, 0.1) is 0 Å². The molecule has 1 aromatic heterocycles. The Kier molecular flexibility index (Phi) is 4.17. The van der Waals surface area contributed by atoms with E-state index in [0.29, 0.717) is 12.0 Å². The standard InChI is InChI=1S/C15H23N3O2S/c1-17(2)15-16-8-11(21-15)9-18-12-6-4-3-5-10(12)7-13(18)14(19)20/h8,10,12-13H,3-7,9H2,1-2H3,(H,19,20). The third-order valence-corrected chi connectivity index (χ3v) is 5.92. The van der Waals surface area contributed by atoms with Crippen molar-refractivity contribution in [1.29, 1.82) is 0 Å². The van der Waals surface area contributed by atoms with Crippen molar-refractivity contribution in [2.75, 3.05) is 19.0 Å². The number of aromatic nitrogens is 1. The Morgan fingerprint density at radius 3 is 2.90 bits per heavy atom. The molecular formula is C15H23N3O2S. The first-order valence-electron chi connectivity index (χ1n) is 7.67. The molecule has 5 nitrogen and oxygen atoms in total. The molecule has 1 saturated heterocycles. The van der Waals surface area contributed by atoms with E-state index in [2.05, 4.69) is 9.88 Å². The predicted octanol–water partition coefficient (Wildman–Crippen LogP) is 2.43. The number of anilines is 1. The summed E-state index contributed by atoms with van der Waals surface area (Å²) in [5.41, 5.74) is 0. The lowest BCUT2D eigenvalue weighted by Gasteiger charge is -2.32. The van der Waals surface area contributed by atoms with Crippen LogP contribution in [0.2, 0.25) is 0 Å². The molecule has 1 aliphatic carbocycles. The van der Waals surface area contributed by atoms with Gasteiger partial charge in [-0.3, -0.25) is 9.69 Å². The molecule has 6 heteroatoms. The Balaban J connectivity index is 1.78. The Morgan fingerprint density at radius 1 is 1.48 bits per heavy atom. The molecule has 21 heavy (non-hydrogen) atoms. The zero-order valence-electron chi connectivity index (χ0n) is 12.7. The highest BCUT2D eigenvalue weighted by molar-refractivity contribution is 7.15. The van der Waals surface area contributed by atoms with Crippen LogP contribution in [0.25, 0.3) is 0 Å². The van der Waals surface area contributed by atoms with E-state index in [9.17, 15) is 9.90 Å². The Hall–Kier alpha value is -1.14. The number of aliphatic carboxylic acids is 1. The number of rotatable bonds is 4. The highest BCUT2D eigenvalue weighted by Crippen LogP contribution is 2.41. The molecule has 0 radical (unpaired) electrons. The fourth-order valence-corrected chi connectivity index (χ4v) is 4.62. The summed E-state index contributed by atoms with van der Waals surface area (Å²) in [6, 6.07) is 0.132. The van der Waals surface area contributed by atoms with Gasteiger partial charge in [0.1, 0.15) is 6.04 Å². The molecule has 0 bridgehead atoms. The van der Waals surface area contributed by atoms with Crippen LogP contribution in [0.4, 0.5) is 5.13 Å². The first-order chi connectivity index (χ1) is 10.1. The van der Waals surface area contributed by atoms with E-state index in [0.717, 1.165) is 29.4 Å². The fraction of sp³-hybridized carbons (Fsp3) is 0.733. The Bertz CT molecular complexity index is 517. The molecule has 2 fully saturated rings. The van der Waals surface area contributed by atoms with Crippen molar-refractivity contribution in [2.45, 2.75) is 50.7 Å². The lowest BCUT2D eigenvalue weighted by atomic mass is 9.85. The van der Waals surface area contributed by atoms with Gasteiger partial charge in [0, 0.05) is 37.8 Å². The van der Waals surface area contributed by atoms with Crippen LogP contribution in [-0.4, -0.2) is 47.1 Å². The van der Waals surface area contributed by atoms with Crippen molar-refractivity contribution in [2.24, 2.45) is 5.92 Å². The topological polar surface area (TPSA) is 56.7 Å². The zero-order chi connectivity index (χ0) is 15.0. The van der Waals surface area contributed by atoms with Gasteiger partial charge in [-0.15, -0.1) is 11.3 Å². The monoisotopic (exact) mass is 309 g/mol. The Labute approximate surface area is 129 Å². The highest BCUT2D eigenvalue weighted by atomic mass is 32.1. The van der Waals surface area contributed by atoms with Crippen molar-refractivity contribution < 1.29 is 9.90 Å². The van der Waals surface area contributed by atoms with Gasteiger partial charge in [0.25, 0.3) is 0 Å². The molecule has 3 rings (SSSR count). The van der Waals surface area contributed by atoms with Crippen LogP contribution >= 0.6 is 11.3 Å². The lowest BCUT2D eigenvalue weighted by molar-refractivity contribution is -0.142. The number of carboxylic acid groups (broad SMARTS) is 1. The molecule has 3 unspecified atom stereocenters. The molecule has 1 saturated carbocycles. The number of thiazole rings is 1. The van der Waals surface area contributed by atoms with Crippen molar-refractivity contribution in [3.63, 3.8) is 0 Å². The molecule has 2 heterocycles. The SMILES string of the molecule is CN(C)c1ncc(CN2C(C(=O)O)CC3CCCCC32)s1. The fourth-order valence-electron chi connectivity index (χ4n) is 3.78. The summed E-state index contributed by atoms with van der Waals surface area (Å²) in [5, 5.41) is 10.5. The lowest BCUT2D eigenvalue weighted by Crippen LogP contribution is -2.41. The molecule has 0 amide bonds. The maximum Gasteiger partial charge on any atom is 0.320 e. The van der Waals surface area contributed by atoms with Gasteiger partial charge in [-0.25, -0.2) is 4.98 Å². The quantitative estimate of drug-likeness (QED) is 0.925. The average Bonchev–Trinajstić information content (AvgIpc) is 3.05. The molecule has 0 aromatic carbocycles. The van der Waals surface area contributed by atoms with Crippen LogP contribution in [0.3, 0.4) is 0 Å². The van der Waals surface area contributed by atoms with E-state index in [-0.39, 0.29) is 6.04 Å². The third kappa shape index (κ3) is 2.92. The van der Waals surface area contributed by atoms with Gasteiger partial charge in [-0.2, -0.15) is 0 Å². The van der Waals surface area contributed by atoms with E-state index < -0.39 is 5.97 Å². The van der Waals surface area contributed by atoms with Crippen molar-refractivity contribution in [3.8, 4) is 0 Å². The van der Waals surface area contributed by atoms with Crippen molar-refractivity contribution in [3.05, 3.63) is 11.1 Å². The largest absolute Gasteiger partial charge is 0.480 e. The van der Waals surface area contributed by atoms with Crippen molar-refractivity contribution in [1.82, 2.24) is 9.88 Å². The molecular weight excluding hydrogens is 286 g/mol. The molecule has 116 valence electrons. The number of carboxylic acids is 1. The number of hydrogen-bond acceptors (Lipinski definition) is 5. The van der Waals surface area contributed by atoms with Gasteiger partial charge in [-0.1, -0.05) is 12.8 Å². The second-order valence-electron chi connectivity index (χ2n) is 6.38. The van der Waals surface area contributed by atoms with E-state index in [1.807, 2.05) is 25.2 Å². The van der Waals surface area contributed by atoms with Gasteiger partial charge < -0.3 is 10.0 Å². The summed E-state index contributed by atoms with van der Waals surface area (Å²) in [6.07, 6.45) is 7.54. The molecule has 1 aliphatic heterocycles. The van der Waals surface area contributed by atoms with Gasteiger partial charge in [0.15, 0.2) is 5.13 Å². The molecule has 3 atom stereocenters. The van der Waals surface area contributed by atoms with Crippen LogP contribution in [0.5, 0.6) is 0 Å². The zero-order valence-corrected chi connectivity index (χ0v) is 13.5. The smallest absolute Gasteiger partial charge is 0.320 e. The molecule has 1 aromatic rings. The van der Waals surface area contributed by atoms with Crippen LogP contribution in [-0.2, 0) is 11.3 Å². The molecule has 0 spiro atoms. The summed E-state index contributed by atoms with van der Waals surface area (Å²) < 4.78 is 0. The van der Waals surface area contributed by atoms with Crippen LogP contribution in [0.1, 0.15) is 37.0 Å². The van der Waals surface area contributed by atoms with Gasteiger partial charge in [-0.05, 0) is 25.2 Å². The van der Waals surface area contributed by atoms with Crippen LogP contribution < -0.4 is 4.90 Å². The molecule has 1 N–H and O–H groups in total. The van der Waals surface area contributed by atoms with E-state index in [1.165, 1.54) is 19.3 Å². The van der Waals surface area contributed by atoms with E-state index >= 15 is 0 Å². The van der Waals surface area contributed by atoms with E-state index in [4.69, 9.17) is 0 Å². The minimum absolute atomic E-state index is 0.317. The first-order valence-corrected chi connectivity index (χ1v) is 8.48. The predicted molar refractivity (Wildman–Crippen MR) is 83.8 cm³/mol. The average molecular weight is 309 g/mol. The normalized spacial score (nSPS) is 29.3. The molecule has 2 aliphatic rings. The van der Waals surface area contributed by atoms with E-state index in [1.54, 1.807) is 11.3 Å². The summed E-state index contributed by atoms with van der Waals surface area (Å²) in [7, 11) is 3.96. The maximum atomic E-state index is 11.6. The maximum absolute atomic E-state index is 11.6. The second kappa shape index (κ2) is 5.93. The summed E-state index contributed by atoms with van der Waals surface area (Å²) in [4.78, 5) is 21.4. The number of carbonyl (C=O) groups is 1. The van der Waals surface area contributed by atoms with Crippen molar-refractivity contribution >= 4 is 22.4 Å². The number of likely N-dealkylation sites (tertiary alicyclic amines) is 1. The first kappa shape index (κ1) is 14.8. The van der Waals surface area contributed by atoms with Crippen LogP contribution in [0, 0.1) is 5.92 Å². The third-order valence-electron chi connectivity index (χ3n) is 4.77. The number of nitrogens with zero attached hydrogens (tertiary/aromatic N) is 3. The second-order valence-corrected chi connectivity index (χ2v) is 7.47. The number of hydrogen-bond donors (Lipinski definition) is 1. The minimum atomic E-state index is -0.665. The van der Waals surface area contributed by atoms with Gasteiger partial charge >= 0.3 is 5.97 Å². The highest BCUT2D eigenvalue weighted by Gasteiger charge is 2.45. The summed E-state index contributed by atoms with van der Waals surface area (Å²) in [6.45, 7) is 0.726. The van der Waals surface area contributed by atoms with Gasteiger partial charge in [0.2, 0.25) is 0 Å². The Morgan fingerprint density at radius 2 is 2.24 bits per heavy atom. The summed E-state index contributed by atoms with van der Waals surface area (Å²) >= 11 is 1.66. The minimum Gasteiger partial charge on any atom is -0.480 e.